The minimum atomic E-state index is -0.514. The standard InChI is InChI=1S/C27H28N2O2/c30-26(22-14-8-3-9-15-22)18-23(20-10-4-1-5-11-20)27(31)29-25-16-17-28-19-24(25)21-12-6-2-7-13-21/h1-15,23-25,28H,16-19H2,(H,29,31). The molecule has 3 aromatic carbocycles. The van der Waals surface area contributed by atoms with Gasteiger partial charge in [0.15, 0.2) is 5.78 Å². The van der Waals surface area contributed by atoms with Gasteiger partial charge in [-0.2, -0.15) is 0 Å². The van der Waals surface area contributed by atoms with E-state index in [-0.39, 0.29) is 30.1 Å². The van der Waals surface area contributed by atoms with Crippen LogP contribution in [0, 0.1) is 0 Å². The molecule has 4 rings (SSSR count). The molecule has 1 aliphatic rings. The first kappa shape index (κ1) is 21.0. The lowest BCUT2D eigenvalue weighted by Gasteiger charge is -2.34. The van der Waals surface area contributed by atoms with Crippen LogP contribution in [0.2, 0.25) is 0 Å². The van der Waals surface area contributed by atoms with E-state index in [9.17, 15) is 9.59 Å². The van der Waals surface area contributed by atoms with E-state index < -0.39 is 5.92 Å². The van der Waals surface area contributed by atoms with E-state index in [4.69, 9.17) is 0 Å². The highest BCUT2D eigenvalue weighted by Crippen LogP contribution is 2.27. The van der Waals surface area contributed by atoms with Gasteiger partial charge >= 0.3 is 0 Å². The molecule has 4 nitrogen and oxygen atoms in total. The van der Waals surface area contributed by atoms with Gasteiger partial charge in [-0.15, -0.1) is 0 Å². The van der Waals surface area contributed by atoms with Crippen molar-refractivity contribution in [3.8, 4) is 0 Å². The average molecular weight is 413 g/mol. The van der Waals surface area contributed by atoms with Crippen LogP contribution in [0.4, 0.5) is 0 Å². The number of Topliss-reactive ketones (excluding diaryl/α,β-unsaturated/α-hetero) is 1. The van der Waals surface area contributed by atoms with Crippen molar-refractivity contribution in [2.24, 2.45) is 0 Å². The van der Waals surface area contributed by atoms with Gasteiger partial charge in [0.25, 0.3) is 0 Å². The highest BCUT2D eigenvalue weighted by Gasteiger charge is 2.31. The monoisotopic (exact) mass is 412 g/mol. The third kappa shape index (κ3) is 5.28. The molecule has 1 heterocycles. The fourth-order valence-electron chi connectivity index (χ4n) is 4.34. The van der Waals surface area contributed by atoms with E-state index in [1.54, 1.807) is 12.1 Å². The van der Waals surface area contributed by atoms with Crippen LogP contribution in [0.25, 0.3) is 0 Å². The van der Waals surface area contributed by atoms with E-state index in [0.29, 0.717) is 5.56 Å². The molecule has 1 amide bonds. The average Bonchev–Trinajstić information content (AvgIpc) is 2.84. The zero-order valence-electron chi connectivity index (χ0n) is 17.5. The largest absolute Gasteiger partial charge is 0.352 e. The summed E-state index contributed by atoms with van der Waals surface area (Å²) in [5.74, 6) is -0.404. The highest BCUT2D eigenvalue weighted by molar-refractivity contribution is 6.00. The fourth-order valence-corrected chi connectivity index (χ4v) is 4.34. The number of amides is 1. The first-order valence-electron chi connectivity index (χ1n) is 10.9. The molecule has 0 aliphatic carbocycles. The molecule has 1 aliphatic heterocycles. The summed E-state index contributed by atoms with van der Waals surface area (Å²) in [7, 11) is 0. The normalized spacial score (nSPS) is 19.4. The van der Waals surface area contributed by atoms with Gasteiger partial charge in [0.05, 0.1) is 5.92 Å². The number of rotatable bonds is 7. The van der Waals surface area contributed by atoms with Crippen molar-refractivity contribution in [3.63, 3.8) is 0 Å². The number of hydrogen-bond acceptors (Lipinski definition) is 3. The van der Waals surface area contributed by atoms with E-state index in [0.717, 1.165) is 25.1 Å². The number of hydrogen-bond donors (Lipinski definition) is 2. The molecule has 158 valence electrons. The van der Waals surface area contributed by atoms with Crippen molar-refractivity contribution < 1.29 is 9.59 Å². The molecule has 3 atom stereocenters. The summed E-state index contributed by atoms with van der Waals surface area (Å²) in [5.41, 5.74) is 2.73. The van der Waals surface area contributed by atoms with Crippen LogP contribution >= 0.6 is 0 Å². The molecule has 0 bridgehead atoms. The molecular formula is C27H28N2O2. The summed E-state index contributed by atoms with van der Waals surface area (Å²) < 4.78 is 0. The van der Waals surface area contributed by atoms with Gasteiger partial charge in [-0.1, -0.05) is 91.0 Å². The van der Waals surface area contributed by atoms with Crippen molar-refractivity contribution in [1.82, 2.24) is 10.6 Å². The molecule has 0 spiro atoms. The van der Waals surface area contributed by atoms with Gasteiger partial charge in [-0.05, 0) is 24.1 Å². The molecule has 0 radical (unpaired) electrons. The Morgan fingerprint density at radius 2 is 1.48 bits per heavy atom. The van der Waals surface area contributed by atoms with Gasteiger partial charge in [-0.25, -0.2) is 0 Å². The summed E-state index contributed by atoms with van der Waals surface area (Å²) >= 11 is 0. The summed E-state index contributed by atoms with van der Waals surface area (Å²) in [6.07, 6.45) is 1.01. The predicted molar refractivity (Wildman–Crippen MR) is 123 cm³/mol. The minimum Gasteiger partial charge on any atom is -0.352 e. The Balaban J connectivity index is 1.54. The number of ketones is 1. The van der Waals surface area contributed by atoms with Crippen LogP contribution in [0.15, 0.2) is 91.0 Å². The Bertz CT molecular complexity index is 990. The molecule has 4 heteroatoms. The van der Waals surface area contributed by atoms with Crippen LogP contribution in [-0.4, -0.2) is 30.8 Å². The van der Waals surface area contributed by atoms with E-state index in [1.807, 2.05) is 66.7 Å². The quantitative estimate of drug-likeness (QED) is 0.569. The number of carbonyl (C=O) groups excluding carboxylic acids is 2. The van der Waals surface area contributed by atoms with Crippen LogP contribution in [-0.2, 0) is 4.79 Å². The molecule has 1 saturated heterocycles. The Kier molecular flexibility index (Phi) is 6.90. The predicted octanol–water partition coefficient (Wildman–Crippen LogP) is 4.31. The van der Waals surface area contributed by atoms with E-state index in [1.165, 1.54) is 5.56 Å². The first-order valence-corrected chi connectivity index (χ1v) is 10.9. The molecule has 0 aromatic heterocycles. The lowest BCUT2D eigenvalue weighted by molar-refractivity contribution is -0.123. The van der Waals surface area contributed by atoms with Gasteiger partial charge in [0.2, 0.25) is 5.91 Å². The lowest BCUT2D eigenvalue weighted by Crippen LogP contribution is -2.49. The van der Waals surface area contributed by atoms with Crippen molar-refractivity contribution in [2.45, 2.75) is 30.7 Å². The molecule has 0 saturated carbocycles. The highest BCUT2D eigenvalue weighted by atomic mass is 16.2. The van der Waals surface area contributed by atoms with Crippen molar-refractivity contribution >= 4 is 11.7 Å². The lowest BCUT2D eigenvalue weighted by atomic mass is 9.85. The smallest absolute Gasteiger partial charge is 0.228 e. The summed E-state index contributed by atoms with van der Waals surface area (Å²) in [4.78, 5) is 26.4. The third-order valence-electron chi connectivity index (χ3n) is 6.04. The maximum absolute atomic E-state index is 13.5. The van der Waals surface area contributed by atoms with Crippen LogP contribution in [0.1, 0.15) is 46.2 Å². The van der Waals surface area contributed by atoms with E-state index >= 15 is 0 Å². The zero-order chi connectivity index (χ0) is 21.5. The van der Waals surface area contributed by atoms with Gasteiger partial charge in [0.1, 0.15) is 0 Å². The Morgan fingerprint density at radius 3 is 2.16 bits per heavy atom. The second kappa shape index (κ2) is 10.2. The fraction of sp³-hybridized carbons (Fsp3) is 0.259. The van der Waals surface area contributed by atoms with Gasteiger partial charge in [0, 0.05) is 30.5 Å². The number of nitrogens with one attached hydrogen (secondary N) is 2. The van der Waals surface area contributed by atoms with Crippen molar-refractivity contribution in [2.75, 3.05) is 13.1 Å². The van der Waals surface area contributed by atoms with Crippen LogP contribution in [0.5, 0.6) is 0 Å². The topological polar surface area (TPSA) is 58.2 Å². The second-order valence-electron chi connectivity index (χ2n) is 8.08. The summed E-state index contributed by atoms with van der Waals surface area (Å²) in [6.45, 7) is 1.70. The molecule has 2 N–H and O–H groups in total. The van der Waals surface area contributed by atoms with E-state index in [2.05, 4.69) is 22.8 Å². The minimum absolute atomic E-state index is 0.0190. The maximum Gasteiger partial charge on any atom is 0.228 e. The summed E-state index contributed by atoms with van der Waals surface area (Å²) in [5, 5.41) is 6.74. The van der Waals surface area contributed by atoms with Crippen molar-refractivity contribution in [1.29, 1.82) is 0 Å². The second-order valence-corrected chi connectivity index (χ2v) is 8.08. The van der Waals surface area contributed by atoms with Crippen LogP contribution in [0.3, 0.4) is 0 Å². The molecular weight excluding hydrogens is 384 g/mol. The Labute approximate surface area is 183 Å². The van der Waals surface area contributed by atoms with Gasteiger partial charge in [-0.3, -0.25) is 9.59 Å². The SMILES string of the molecule is O=C(CC(C(=O)NC1CCNCC1c1ccccc1)c1ccccc1)c1ccccc1. The zero-order valence-corrected chi connectivity index (χ0v) is 17.5. The first-order chi connectivity index (χ1) is 15.2. The third-order valence-corrected chi connectivity index (χ3v) is 6.04. The molecule has 3 unspecified atom stereocenters. The number of piperidine rings is 1. The molecule has 1 fully saturated rings. The van der Waals surface area contributed by atoms with Crippen LogP contribution < -0.4 is 10.6 Å². The Hall–Kier alpha value is -3.24. The molecule has 31 heavy (non-hydrogen) atoms. The van der Waals surface area contributed by atoms with Gasteiger partial charge < -0.3 is 10.6 Å². The van der Waals surface area contributed by atoms with Crippen molar-refractivity contribution in [3.05, 3.63) is 108 Å². The number of carbonyl (C=O) groups is 2. The maximum atomic E-state index is 13.5. The molecule has 3 aromatic rings. The summed E-state index contributed by atoms with van der Waals surface area (Å²) in [6, 6.07) is 29.2. The Morgan fingerprint density at radius 1 is 0.871 bits per heavy atom. The number of benzene rings is 3.